The van der Waals surface area contributed by atoms with Crippen LogP contribution in [-0.4, -0.2) is 28.7 Å². The van der Waals surface area contributed by atoms with Gasteiger partial charge >= 0.3 is 0 Å². The number of anilines is 2. The summed E-state index contributed by atoms with van der Waals surface area (Å²) in [6.07, 6.45) is 3.07. The van der Waals surface area contributed by atoms with Crippen LogP contribution in [0, 0.1) is 0 Å². The van der Waals surface area contributed by atoms with Gasteiger partial charge in [0.15, 0.2) is 5.82 Å². The fourth-order valence-electron chi connectivity index (χ4n) is 2.41. The molecule has 1 aromatic carbocycles. The van der Waals surface area contributed by atoms with Crippen LogP contribution in [0.25, 0.3) is 11.3 Å². The van der Waals surface area contributed by atoms with E-state index in [9.17, 15) is 0 Å². The van der Waals surface area contributed by atoms with Gasteiger partial charge in [0, 0.05) is 31.6 Å². The average Bonchev–Trinajstić information content (AvgIpc) is 3.07. The molecule has 0 spiro atoms. The highest BCUT2D eigenvalue weighted by molar-refractivity contribution is 6.35. The number of nitrogen functional groups attached to an aromatic ring is 1. The number of hydrogen-bond donors (Lipinski definition) is 1. The molecule has 2 N–H and O–H groups in total. The maximum Gasteiger partial charge on any atom is 0.152 e. The Morgan fingerprint density at radius 3 is 2.79 bits per heavy atom. The van der Waals surface area contributed by atoms with Crippen molar-refractivity contribution in [3.63, 3.8) is 0 Å². The highest BCUT2D eigenvalue weighted by Gasteiger charge is 2.12. The van der Waals surface area contributed by atoms with Crippen molar-refractivity contribution in [1.82, 2.24) is 15.1 Å². The minimum atomic E-state index is 0.288. The van der Waals surface area contributed by atoms with Crippen LogP contribution in [-0.2, 0) is 6.42 Å². The molecule has 0 amide bonds. The van der Waals surface area contributed by atoms with E-state index in [4.69, 9.17) is 21.9 Å². The monoisotopic (exact) mass is 343 g/mol. The summed E-state index contributed by atoms with van der Waals surface area (Å²) >= 11 is 6.13. The Hall–Kier alpha value is -2.60. The normalized spacial score (nSPS) is 10.8. The summed E-state index contributed by atoms with van der Waals surface area (Å²) in [5.41, 5.74) is 7.60. The fraction of sp³-hybridized carbons (Fsp3) is 0.235. The lowest BCUT2D eigenvalue weighted by Crippen LogP contribution is -2.21. The number of nitrogens with zero attached hydrogens (tertiary/aromatic N) is 4. The molecule has 0 radical (unpaired) electrons. The van der Waals surface area contributed by atoms with Crippen molar-refractivity contribution in [2.75, 3.05) is 24.2 Å². The van der Waals surface area contributed by atoms with Gasteiger partial charge in [0.25, 0.3) is 0 Å². The molecule has 2 aromatic heterocycles. The molecule has 3 aromatic rings. The zero-order valence-electron chi connectivity index (χ0n) is 13.3. The quantitative estimate of drug-likeness (QED) is 0.738. The van der Waals surface area contributed by atoms with E-state index in [1.54, 1.807) is 0 Å². The molecule has 0 aliphatic carbocycles. The predicted octanol–water partition coefficient (Wildman–Crippen LogP) is 3.44. The van der Waals surface area contributed by atoms with Gasteiger partial charge in [-0.05, 0) is 6.42 Å². The number of halogens is 1. The molecule has 0 aliphatic heterocycles. The van der Waals surface area contributed by atoms with Crippen LogP contribution < -0.4 is 10.6 Å². The molecule has 0 unspecified atom stereocenters. The van der Waals surface area contributed by atoms with Crippen LogP contribution in [0.3, 0.4) is 0 Å². The summed E-state index contributed by atoms with van der Waals surface area (Å²) in [7, 11) is 1.92. The first-order valence-corrected chi connectivity index (χ1v) is 8.01. The van der Waals surface area contributed by atoms with Crippen LogP contribution in [0.1, 0.15) is 12.2 Å². The molecule has 0 aliphatic rings. The van der Waals surface area contributed by atoms with E-state index < -0.39 is 0 Å². The zero-order valence-corrected chi connectivity index (χ0v) is 14.1. The van der Waals surface area contributed by atoms with Crippen molar-refractivity contribution >= 4 is 23.2 Å². The number of nitrogens with two attached hydrogens (primary N) is 1. The van der Waals surface area contributed by atoms with E-state index in [1.165, 1.54) is 6.33 Å². The van der Waals surface area contributed by atoms with Gasteiger partial charge in [-0.3, -0.25) is 0 Å². The highest BCUT2D eigenvalue weighted by atomic mass is 35.5. The average molecular weight is 344 g/mol. The summed E-state index contributed by atoms with van der Waals surface area (Å²) in [6, 6.07) is 11.9. The Kier molecular flexibility index (Phi) is 4.96. The van der Waals surface area contributed by atoms with Gasteiger partial charge in [-0.2, -0.15) is 0 Å². The van der Waals surface area contributed by atoms with E-state index in [0.717, 1.165) is 36.4 Å². The Morgan fingerprint density at radius 1 is 1.21 bits per heavy atom. The van der Waals surface area contributed by atoms with Crippen molar-refractivity contribution < 1.29 is 4.52 Å². The molecule has 2 heterocycles. The van der Waals surface area contributed by atoms with Crippen molar-refractivity contribution in [3.05, 3.63) is 53.5 Å². The number of hydrogen-bond acceptors (Lipinski definition) is 6. The summed E-state index contributed by atoms with van der Waals surface area (Å²) in [6.45, 7) is 0.761. The fourth-order valence-corrected chi connectivity index (χ4v) is 2.65. The second kappa shape index (κ2) is 7.31. The third-order valence-corrected chi connectivity index (χ3v) is 4.07. The number of rotatable bonds is 6. The second-order valence-electron chi connectivity index (χ2n) is 5.47. The van der Waals surface area contributed by atoms with E-state index in [1.807, 2.05) is 48.3 Å². The lowest BCUT2D eigenvalue weighted by atomic mass is 10.1. The van der Waals surface area contributed by atoms with Crippen LogP contribution >= 0.6 is 11.6 Å². The highest BCUT2D eigenvalue weighted by Crippen LogP contribution is 2.26. The Labute approximate surface area is 145 Å². The number of aromatic nitrogens is 3. The van der Waals surface area contributed by atoms with Crippen molar-refractivity contribution in [1.29, 1.82) is 0 Å². The molecule has 124 valence electrons. The SMILES string of the molecule is CN(CCCc1cc(-c2ccccc2)no1)c1ncnc(N)c1Cl. The summed E-state index contributed by atoms with van der Waals surface area (Å²) < 4.78 is 5.41. The standard InChI is InChI=1S/C17H18ClN5O/c1-23(17-15(18)16(19)20-11-21-17)9-5-8-13-10-14(22-24-13)12-6-3-2-4-7-12/h2-4,6-7,10-11H,5,8-9H2,1H3,(H2,19,20,21). The third-order valence-electron chi connectivity index (χ3n) is 3.70. The lowest BCUT2D eigenvalue weighted by molar-refractivity contribution is 0.383. The largest absolute Gasteiger partial charge is 0.382 e. The molecule has 7 heteroatoms. The maximum atomic E-state index is 6.13. The van der Waals surface area contributed by atoms with Crippen molar-refractivity contribution in [2.24, 2.45) is 0 Å². The summed E-state index contributed by atoms with van der Waals surface area (Å²) in [5, 5.41) is 4.50. The molecule has 6 nitrogen and oxygen atoms in total. The number of benzene rings is 1. The molecule has 24 heavy (non-hydrogen) atoms. The minimum absolute atomic E-state index is 0.288. The maximum absolute atomic E-state index is 6.13. The Morgan fingerprint density at radius 2 is 2.00 bits per heavy atom. The van der Waals surface area contributed by atoms with Gasteiger partial charge in [0.2, 0.25) is 0 Å². The van der Waals surface area contributed by atoms with Gasteiger partial charge in [0.1, 0.15) is 28.6 Å². The first-order chi connectivity index (χ1) is 11.6. The first kappa shape index (κ1) is 16.3. The van der Waals surface area contributed by atoms with Gasteiger partial charge in [0.05, 0.1) is 0 Å². The van der Waals surface area contributed by atoms with Crippen LogP contribution in [0.2, 0.25) is 5.02 Å². The molecular formula is C17H18ClN5O. The summed E-state index contributed by atoms with van der Waals surface area (Å²) in [4.78, 5) is 9.99. The lowest BCUT2D eigenvalue weighted by Gasteiger charge is -2.18. The van der Waals surface area contributed by atoms with E-state index in [0.29, 0.717) is 10.8 Å². The minimum Gasteiger partial charge on any atom is -0.382 e. The first-order valence-electron chi connectivity index (χ1n) is 7.63. The topological polar surface area (TPSA) is 81.1 Å². The van der Waals surface area contributed by atoms with E-state index in [2.05, 4.69) is 15.1 Å². The molecule has 0 fully saturated rings. The molecule has 0 saturated heterocycles. The van der Waals surface area contributed by atoms with Gasteiger partial charge in [-0.15, -0.1) is 0 Å². The molecule has 0 saturated carbocycles. The molecule has 0 bridgehead atoms. The summed E-state index contributed by atoms with van der Waals surface area (Å²) in [5.74, 6) is 1.78. The van der Waals surface area contributed by atoms with E-state index >= 15 is 0 Å². The van der Waals surface area contributed by atoms with E-state index in [-0.39, 0.29) is 5.82 Å². The van der Waals surface area contributed by atoms with Crippen LogP contribution in [0.4, 0.5) is 11.6 Å². The zero-order chi connectivity index (χ0) is 16.9. The predicted molar refractivity (Wildman–Crippen MR) is 95.0 cm³/mol. The van der Waals surface area contributed by atoms with Gasteiger partial charge in [-0.25, -0.2) is 9.97 Å². The Bertz CT molecular complexity index is 806. The molecular weight excluding hydrogens is 326 g/mol. The van der Waals surface area contributed by atoms with Gasteiger partial charge in [-0.1, -0.05) is 47.1 Å². The van der Waals surface area contributed by atoms with Crippen molar-refractivity contribution in [3.8, 4) is 11.3 Å². The molecule has 3 rings (SSSR count). The van der Waals surface area contributed by atoms with Crippen LogP contribution in [0.15, 0.2) is 47.2 Å². The third kappa shape index (κ3) is 3.65. The molecule has 0 atom stereocenters. The Balaban J connectivity index is 1.57. The van der Waals surface area contributed by atoms with Crippen LogP contribution in [0.5, 0.6) is 0 Å². The second-order valence-corrected chi connectivity index (χ2v) is 5.84. The number of aryl methyl sites for hydroxylation is 1. The van der Waals surface area contributed by atoms with Gasteiger partial charge < -0.3 is 15.2 Å². The smallest absolute Gasteiger partial charge is 0.152 e. The van der Waals surface area contributed by atoms with Crippen molar-refractivity contribution in [2.45, 2.75) is 12.8 Å².